The fourth-order valence-corrected chi connectivity index (χ4v) is 2.68. The lowest BCUT2D eigenvalue weighted by Gasteiger charge is -2.08. The number of hydrogen-bond acceptors (Lipinski definition) is 4. The van der Waals surface area contributed by atoms with Crippen molar-refractivity contribution in [1.29, 1.82) is 0 Å². The van der Waals surface area contributed by atoms with Gasteiger partial charge >= 0.3 is 0 Å². The first-order valence-corrected chi connectivity index (χ1v) is 7.41. The maximum absolute atomic E-state index is 13.6. The van der Waals surface area contributed by atoms with Gasteiger partial charge in [0.05, 0.1) is 6.04 Å². The van der Waals surface area contributed by atoms with Crippen LogP contribution in [0.1, 0.15) is 41.9 Å². The normalized spacial score (nSPS) is 12.6. The molecule has 6 heteroatoms. The quantitative estimate of drug-likeness (QED) is 0.887. The SMILES string of the molecule is CCCNC(C)c1nnc(Cc2ccc(F)cc2F)s1. The second-order valence-corrected chi connectivity index (χ2v) is 5.72. The molecule has 0 aliphatic carbocycles. The van der Waals surface area contributed by atoms with E-state index in [0.29, 0.717) is 12.0 Å². The van der Waals surface area contributed by atoms with Gasteiger partial charge in [-0.1, -0.05) is 24.3 Å². The molecule has 108 valence electrons. The number of benzene rings is 1. The third-order valence-electron chi connectivity index (χ3n) is 2.91. The molecule has 0 spiro atoms. The van der Waals surface area contributed by atoms with Crippen molar-refractivity contribution in [2.24, 2.45) is 0 Å². The maximum Gasteiger partial charge on any atom is 0.134 e. The average Bonchev–Trinajstić information content (AvgIpc) is 2.88. The summed E-state index contributed by atoms with van der Waals surface area (Å²) in [5.74, 6) is -1.11. The number of hydrogen-bond donors (Lipinski definition) is 1. The van der Waals surface area contributed by atoms with Gasteiger partial charge in [0, 0.05) is 12.5 Å². The summed E-state index contributed by atoms with van der Waals surface area (Å²) in [6, 6.07) is 3.73. The van der Waals surface area contributed by atoms with Crippen LogP contribution in [0.5, 0.6) is 0 Å². The van der Waals surface area contributed by atoms with Gasteiger partial charge in [-0.15, -0.1) is 10.2 Å². The Labute approximate surface area is 121 Å². The number of rotatable bonds is 6. The molecular weight excluding hydrogens is 280 g/mol. The molecule has 0 amide bonds. The van der Waals surface area contributed by atoms with Crippen molar-refractivity contribution in [3.63, 3.8) is 0 Å². The molecule has 0 fully saturated rings. The van der Waals surface area contributed by atoms with Crippen LogP contribution < -0.4 is 5.32 Å². The van der Waals surface area contributed by atoms with Crippen molar-refractivity contribution in [2.75, 3.05) is 6.54 Å². The Morgan fingerprint density at radius 1 is 1.30 bits per heavy atom. The third-order valence-corrected chi connectivity index (χ3v) is 4.02. The second-order valence-electron chi connectivity index (χ2n) is 4.62. The molecule has 0 saturated carbocycles. The monoisotopic (exact) mass is 297 g/mol. The summed E-state index contributed by atoms with van der Waals surface area (Å²) < 4.78 is 26.4. The van der Waals surface area contributed by atoms with E-state index in [-0.39, 0.29) is 6.04 Å². The molecule has 1 unspecified atom stereocenters. The molecular formula is C14H17F2N3S. The molecule has 0 aliphatic rings. The fourth-order valence-electron chi connectivity index (χ4n) is 1.79. The minimum Gasteiger partial charge on any atom is -0.308 e. The maximum atomic E-state index is 13.6. The molecule has 3 nitrogen and oxygen atoms in total. The molecule has 20 heavy (non-hydrogen) atoms. The van der Waals surface area contributed by atoms with Crippen molar-refractivity contribution < 1.29 is 8.78 Å². The topological polar surface area (TPSA) is 37.8 Å². The standard InChI is InChI=1S/C14H17F2N3S/c1-3-6-17-9(2)14-19-18-13(20-14)7-10-4-5-11(15)8-12(10)16/h4-5,8-9,17H,3,6-7H2,1-2H3. The van der Waals surface area contributed by atoms with Crippen LogP contribution in [0.2, 0.25) is 0 Å². The van der Waals surface area contributed by atoms with Gasteiger partial charge in [-0.25, -0.2) is 8.78 Å². The van der Waals surface area contributed by atoms with Gasteiger partial charge in [-0.2, -0.15) is 0 Å². The minimum atomic E-state index is -0.568. The highest BCUT2D eigenvalue weighted by atomic mass is 32.1. The van der Waals surface area contributed by atoms with E-state index >= 15 is 0 Å². The number of halogens is 2. The Morgan fingerprint density at radius 3 is 2.80 bits per heavy atom. The average molecular weight is 297 g/mol. The van der Waals surface area contributed by atoms with Crippen LogP contribution in [0.25, 0.3) is 0 Å². The highest BCUT2D eigenvalue weighted by Gasteiger charge is 2.13. The largest absolute Gasteiger partial charge is 0.308 e. The molecule has 0 bridgehead atoms. The van der Waals surface area contributed by atoms with E-state index in [9.17, 15) is 8.78 Å². The Balaban J connectivity index is 2.05. The lowest BCUT2D eigenvalue weighted by atomic mass is 10.1. The van der Waals surface area contributed by atoms with Gasteiger partial charge in [0.1, 0.15) is 21.6 Å². The number of aromatic nitrogens is 2. The predicted molar refractivity (Wildman–Crippen MR) is 75.8 cm³/mol. The van der Waals surface area contributed by atoms with Crippen molar-refractivity contribution in [3.8, 4) is 0 Å². The summed E-state index contributed by atoms with van der Waals surface area (Å²) in [7, 11) is 0. The molecule has 0 saturated heterocycles. The molecule has 1 aromatic heterocycles. The van der Waals surface area contributed by atoms with Gasteiger partial charge in [-0.05, 0) is 31.5 Å². The first-order chi connectivity index (χ1) is 9.60. The van der Waals surface area contributed by atoms with Crippen LogP contribution in [-0.2, 0) is 6.42 Å². The summed E-state index contributed by atoms with van der Waals surface area (Å²) in [6.45, 7) is 5.05. The zero-order valence-corrected chi connectivity index (χ0v) is 12.3. The molecule has 2 rings (SSSR count). The van der Waals surface area contributed by atoms with Crippen molar-refractivity contribution in [1.82, 2.24) is 15.5 Å². The van der Waals surface area contributed by atoms with Crippen molar-refractivity contribution in [3.05, 3.63) is 45.4 Å². The predicted octanol–water partition coefficient (Wildman–Crippen LogP) is 3.47. The van der Waals surface area contributed by atoms with Crippen LogP contribution in [0.15, 0.2) is 18.2 Å². The first-order valence-electron chi connectivity index (χ1n) is 6.59. The molecule has 1 N–H and O–H groups in total. The summed E-state index contributed by atoms with van der Waals surface area (Å²) in [5.41, 5.74) is 0.434. The van der Waals surface area contributed by atoms with Gasteiger partial charge in [0.25, 0.3) is 0 Å². The van der Waals surface area contributed by atoms with E-state index in [1.807, 2.05) is 6.92 Å². The third kappa shape index (κ3) is 3.80. The zero-order valence-electron chi connectivity index (χ0n) is 11.5. The lowest BCUT2D eigenvalue weighted by Crippen LogP contribution is -2.18. The van der Waals surface area contributed by atoms with Gasteiger partial charge < -0.3 is 5.32 Å². The van der Waals surface area contributed by atoms with E-state index in [2.05, 4.69) is 22.4 Å². The van der Waals surface area contributed by atoms with E-state index in [0.717, 1.165) is 29.0 Å². The summed E-state index contributed by atoms with van der Waals surface area (Å²) in [5, 5.41) is 13.1. The van der Waals surface area contributed by atoms with E-state index in [1.54, 1.807) is 0 Å². The van der Waals surface area contributed by atoms with Crippen LogP contribution >= 0.6 is 11.3 Å². The van der Waals surface area contributed by atoms with Crippen LogP contribution in [-0.4, -0.2) is 16.7 Å². The Morgan fingerprint density at radius 2 is 2.10 bits per heavy atom. The summed E-state index contributed by atoms with van der Waals surface area (Å²) in [6.07, 6.45) is 1.39. The Bertz CT molecular complexity index is 571. The van der Waals surface area contributed by atoms with Gasteiger partial charge in [0.15, 0.2) is 0 Å². The van der Waals surface area contributed by atoms with Crippen LogP contribution in [0.3, 0.4) is 0 Å². The highest BCUT2D eigenvalue weighted by molar-refractivity contribution is 7.11. The lowest BCUT2D eigenvalue weighted by molar-refractivity contribution is 0.563. The van der Waals surface area contributed by atoms with E-state index in [4.69, 9.17) is 0 Å². The van der Waals surface area contributed by atoms with E-state index < -0.39 is 11.6 Å². The second kappa shape index (κ2) is 6.85. The first kappa shape index (κ1) is 15.0. The highest BCUT2D eigenvalue weighted by Crippen LogP contribution is 2.21. The summed E-state index contributed by atoms with van der Waals surface area (Å²) in [4.78, 5) is 0. The van der Waals surface area contributed by atoms with Crippen LogP contribution in [0, 0.1) is 11.6 Å². The summed E-state index contributed by atoms with van der Waals surface area (Å²) >= 11 is 1.45. The smallest absolute Gasteiger partial charge is 0.134 e. The van der Waals surface area contributed by atoms with Gasteiger partial charge in [0.2, 0.25) is 0 Å². The molecule has 0 radical (unpaired) electrons. The minimum absolute atomic E-state index is 0.138. The molecule has 1 aromatic carbocycles. The number of nitrogens with zero attached hydrogens (tertiary/aromatic N) is 2. The number of nitrogens with one attached hydrogen (secondary N) is 1. The van der Waals surface area contributed by atoms with E-state index in [1.165, 1.54) is 23.5 Å². The Hall–Kier alpha value is -1.40. The molecule has 1 atom stereocenters. The van der Waals surface area contributed by atoms with Gasteiger partial charge in [-0.3, -0.25) is 0 Å². The molecule has 2 aromatic rings. The van der Waals surface area contributed by atoms with Crippen molar-refractivity contribution in [2.45, 2.75) is 32.7 Å². The van der Waals surface area contributed by atoms with Crippen LogP contribution in [0.4, 0.5) is 8.78 Å². The zero-order chi connectivity index (χ0) is 14.5. The molecule has 0 aliphatic heterocycles. The fraction of sp³-hybridized carbons (Fsp3) is 0.429. The Kier molecular flexibility index (Phi) is 5.14. The van der Waals surface area contributed by atoms with Crippen molar-refractivity contribution >= 4 is 11.3 Å². The molecule has 1 heterocycles.